The van der Waals surface area contributed by atoms with Gasteiger partial charge >= 0.3 is 0 Å². The van der Waals surface area contributed by atoms with Gasteiger partial charge < -0.3 is 4.90 Å². The molecule has 1 amide bonds. The van der Waals surface area contributed by atoms with Gasteiger partial charge in [-0.05, 0) is 24.3 Å². The predicted octanol–water partition coefficient (Wildman–Crippen LogP) is 3.19. The van der Waals surface area contributed by atoms with E-state index in [4.69, 9.17) is 11.6 Å². The van der Waals surface area contributed by atoms with Gasteiger partial charge in [0.1, 0.15) is 0 Å². The van der Waals surface area contributed by atoms with Crippen LogP contribution in [0.25, 0.3) is 5.65 Å². The average molecular weight is 353 g/mol. The lowest BCUT2D eigenvalue weighted by Crippen LogP contribution is -2.27. The number of aromatic nitrogens is 3. The quantitative estimate of drug-likeness (QED) is 0.662. The summed E-state index contributed by atoms with van der Waals surface area (Å²) in [5, 5.41) is 8.89. The average Bonchev–Trinajstić information content (AvgIpc) is 3.11. The first kappa shape index (κ1) is 15.3. The molecule has 0 unspecified atom stereocenters. The fourth-order valence-corrected chi connectivity index (χ4v) is 3.92. The van der Waals surface area contributed by atoms with E-state index in [0.717, 1.165) is 20.0 Å². The van der Waals surface area contributed by atoms with Gasteiger partial charge in [-0.25, -0.2) is 0 Å². The highest BCUT2D eigenvalue weighted by molar-refractivity contribution is 7.99. The highest BCUT2D eigenvalue weighted by atomic mass is 35.5. The maximum atomic E-state index is 12.2. The molecule has 3 rings (SSSR count). The number of thiophene rings is 1. The fraction of sp³-hybridized carbons (Fsp3) is 0.214. The lowest BCUT2D eigenvalue weighted by Gasteiger charge is -2.15. The molecule has 0 saturated carbocycles. The normalized spacial score (nSPS) is 11.0. The zero-order chi connectivity index (χ0) is 15.5. The Bertz CT molecular complexity index is 801. The summed E-state index contributed by atoms with van der Waals surface area (Å²) in [5.41, 5.74) is 0.777. The van der Waals surface area contributed by atoms with E-state index < -0.39 is 0 Å². The molecule has 8 heteroatoms. The van der Waals surface area contributed by atoms with Crippen LogP contribution in [0.1, 0.15) is 4.88 Å². The molecule has 0 spiro atoms. The maximum Gasteiger partial charge on any atom is 0.233 e. The van der Waals surface area contributed by atoms with Crippen molar-refractivity contribution in [3.8, 4) is 0 Å². The number of hydrogen-bond donors (Lipinski definition) is 0. The van der Waals surface area contributed by atoms with Crippen molar-refractivity contribution in [2.75, 3.05) is 12.8 Å². The SMILES string of the molecule is CN(Cc1ccc(Cl)s1)C(=O)CSc1nnc2ccccn12. The van der Waals surface area contributed by atoms with E-state index in [1.54, 1.807) is 11.9 Å². The van der Waals surface area contributed by atoms with E-state index in [1.807, 2.05) is 40.9 Å². The van der Waals surface area contributed by atoms with Crippen LogP contribution in [0, 0.1) is 0 Å². The molecular weight excluding hydrogens is 340 g/mol. The zero-order valence-electron chi connectivity index (χ0n) is 11.8. The molecule has 3 aromatic heterocycles. The number of halogens is 1. The van der Waals surface area contributed by atoms with Crippen molar-refractivity contribution in [1.29, 1.82) is 0 Å². The minimum Gasteiger partial charge on any atom is -0.340 e. The molecule has 0 atom stereocenters. The molecular formula is C14H13ClN4OS2. The number of thioether (sulfide) groups is 1. The lowest BCUT2D eigenvalue weighted by molar-refractivity contribution is -0.127. The van der Waals surface area contributed by atoms with Crippen molar-refractivity contribution in [3.05, 3.63) is 45.7 Å². The zero-order valence-corrected chi connectivity index (χ0v) is 14.2. The molecule has 0 aliphatic heterocycles. The number of amides is 1. The minimum atomic E-state index is 0.0437. The van der Waals surface area contributed by atoms with Crippen molar-refractivity contribution in [2.45, 2.75) is 11.7 Å². The largest absolute Gasteiger partial charge is 0.340 e. The summed E-state index contributed by atoms with van der Waals surface area (Å²) in [5.74, 6) is 0.368. The number of nitrogens with zero attached hydrogens (tertiary/aromatic N) is 4. The van der Waals surface area contributed by atoms with Gasteiger partial charge in [0.25, 0.3) is 0 Å². The number of hydrogen-bond acceptors (Lipinski definition) is 5. The molecule has 5 nitrogen and oxygen atoms in total. The molecule has 0 aliphatic rings. The smallest absolute Gasteiger partial charge is 0.233 e. The van der Waals surface area contributed by atoms with Crippen LogP contribution < -0.4 is 0 Å². The van der Waals surface area contributed by atoms with Crippen molar-refractivity contribution < 1.29 is 4.79 Å². The van der Waals surface area contributed by atoms with E-state index in [2.05, 4.69) is 10.2 Å². The Morgan fingerprint density at radius 1 is 1.36 bits per heavy atom. The van der Waals surface area contributed by atoms with E-state index in [0.29, 0.717) is 12.3 Å². The van der Waals surface area contributed by atoms with Crippen LogP contribution >= 0.6 is 34.7 Å². The summed E-state index contributed by atoms with van der Waals surface area (Å²) < 4.78 is 2.61. The van der Waals surface area contributed by atoms with E-state index in [-0.39, 0.29) is 5.91 Å². The van der Waals surface area contributed by atoms with E-state index in [1.165, 1.54) is 23.1 Å². The van der Waals surface area contributed by atoms with E-state index >= 15 is 0 Å². The third-order valence-corrected chi connectivity index (χ3v) is 5.20. The van der Waals surface area contributed by atoms with Crippen LogP contribution in [-0.2, 0) is 11.3 Å². The summed E-state index contributed by atoms with van der Waals surface area (Å²) in [6.45, 7) is 0.567. The first-order chi connectivity index (χ1) is 10.6. The Labute approximate surface area is 140 Å². The third-order valence-electron chi connectivity index (χ3n) is 3.05. The molecule has 0 saturated heterocycles. The molecule has 0 radical (unpaired) electrons. The van der Waals surface area contributed by atoms with Crippen molar-refractivity contribution in [1.82, 2.24) is 19.5 Å². The predicted molar refractivity (Wildman–Crippen MR) is 89.5 cm³/mol. The Hall–Kier alpha value is -1.57. The van der Waals surface area contributed by atoms with Crippen molar-refractivity contribution in [3.63, 3.8) is 0 Å². The summed E-state index contributed by atoms with van der Waals surface area (Å²) in [6.07, 6.45) is 1.89. The van der Waals surface area contributed by atoms with Crippen LogP contribution in [-0.4, -0.2) is 38.2 Å². The minimum absolute atomic E-state index is 0.0437. The Kier molecular flexibility index (Phi) is 4.66. The van der Waals surface area contributed by atoms with Gasteiger partial charge in [-0.3, -0.25) is 9.20 Å². The molecule has 114 valence electrons. The number of carbonyl (C=O) groups is 1. The third kappa shape index (κ3) is 3.43. The van der Waals surface area contributed by atoms with Gasteiger partial charge in [0.15, 0.2) is 10.8 Å². The number of fused-ring (bicyclic) bond motifs is 1. The summed E-state index contributed by atoms with van der Waals surface area (Å²) >= 11 is 8.77. The lowest BCUT2D eigenvalue weighted by atomic mass is 10.4. The van der Waals surface area contributed by atoms with Crippen LogP contribution in [0.15, 0.2) is 41.7 Å². The standard InChI is InChI=1S/C14H13ClN4OS2/c1-18(8-10-5-6-11(15)22-10)13(20)9-21-14-17-16-12-4-2-3-7-19(12)14/h2-7H,8-9H2,1H3. The molecule has 22 heavy (non-hydrogen) atoms. The van der Waals surface area contributed by atoms with Crippen LogP contribution in [0.5, 0.6) is 0 Å². The number of rotatable bonds is 5. The topological polar surface area (TPSA) is 50.5 Å². The van der Waals surface area contributed by atoms with Gasteiger partial charge in [-0.1, -0.05) is 29.4 Å². The fourth-order valence-electron chi connectivity index (χ4n) is 1.91. The first-order valence-electron chi connectivity index (χ1n) is 6.54. The maximum absolute atomic E-state index is 12.2. The van der Waals surface area contributed by atoms with Gasteiger partial charge in [0.2, 0.25) is 5.91 Å². The second-order valence-corrected chi connectivity index (χ2v) is 7.40. The molecule has 0 fully saturated rings. The molecule has 0 bridgehead atoms. The summed E-state index contributed by atoms with van der Waals surface area (Å²) in [6, 6.07) is 9.48. The Morgan fingerprint density at radius 3 is 3.00 bits per heavy atom. The Morgan fingerprint density at radius 2 is 2.23 bits per heavy atom. The summed E-state index contributed by atoms with van der Waals surface area (Å²) in [7, 11) is 1.79. The molecule has 3 aromatic rings. The van der Waals surface area contributed by atoms with Gasteiger partial charge in [0, 0.05) is 18.1 Å². The second kappa shape index (κ2) is 6.68. The van der Waals surface area contributed by atoms with Crippen LogP contribution in [0.3, 0.4) is 0 Å². The monoisotopic (exact) mass is 352 g/mol. The van der Waals surface area contributed by atoms with Gasteiger partial charge in [0.05, 0.1) is 16.6 Å². The van der Waals surface area contributed by atoms with Gasteiger partial charge in [-0.15, -0.1) is 21.5 Å². The Balaban J connectivity index is 1.59. The van der Waals surface area contributed by atoms with E-state index in [9.17, 15) is 4.79 Å². The number of pyridine rings is 1. The summed E-state index contributed by atoms with van der Waals surface area (Å²) in [4.78, 5) is 15.0. The molecule has 0 N–H and O–H groups in total. The highest BCUT2D eigenvalue weighted by Crippen LogP contribution is 2.23. The first-order valence-corrected chi connectivity index (χ1v) is 8.72. The second-order valence-electron chi connectivity index (χ2n) is 4.66. The molecule has 0 aliphatic carbocycles. The molecule has 0 aromatic carbocycles. The van der Waals surface area contributed by atoms with Gasteiger partial charge in [-0.2, -0.15) is 0 Å². The number of carbonyl (C=O) groups excluding carboxylic acids is 1. The van der Waals surface area contributed by atoms with Crippen LogP contribution in [0.4, 0.5) is 0 Å². The van der Waals surface area contributed by atoms with Crippen molar-refractivity contribution >= 4 is 46.3 Å². The molecule has 3 heterocycles. The van der Waals surface area contributed by atoms with Crippen molar-refractivity contribution in [2.24, 2.45) is 0 Å². The van der Waals surface area contributed by atoms with Crippen LogP contribution in [0.2, 0.25) is 4.34 Å². The highest BCUT2D eigenvalue weighted by Gasteiger charge is 2.13.